The number of para-hydroxylation sites is 1. The average molecular weight is 531 g/mol. The third-order valence-electron chi connectivity index (χ3n) is 7.81. The number of nitro benzene ring substituents is 1. The third-order valence-corrected chi connectivity index (χ3v) is 8.04. The molecule has 8 heteroatoms. The van der Waals surface area contributed by atoms with Crippen LogP contribution in [0.3, 0.4) is 0 Å². The molecule has 38 heavy (non-hydrogen) atoms. The Bertz CT molecular complexity index is 1620. The van der Waals surface area contributed by atoms with Crippen LogP contribution in [0.5, 0.6) is 0 Å². The zero-order valence-corrected chi connectivity index (χ0v) is 22.1. The van der Waals surface area contributed by atoms with Gasteiger partial charge < -0.3 is 9.52 Å². The molecule has 0 saturated carbocycles. The molecule has 0 spiro atoms. The molecule has 0 radical (unpaired) electrons. The summed E-state index contributed by atoms with van der Waals surface area (Å²) < 4.78 is 6.06. The van der Waals surface area contributed by atoms with E-state index in [1.165, 1.54) is 6.07 Å². The number of nitro groups is 1. The minimum absolute atomic E-state index is 0.0313. The van der Waals surface area contributed by atoms with Gasteiger partial charge in [0.2, 0.25) is 0 Å². The van der Waals surface area contributed by atoms with Gasteiger partial charge in [0.25, 0.3) is 5.69 Å². The molecule has 0 fully saturated rings. The number of rotatable bonds is 6. The highest BCUT2D eigenvalue weighted by molar-refractivity contribution is 6.30. The van der Waals surface area contributed by atoms with Crippen LogP contribution < -0.4 is 0 Å². The highest BCUT2D eigenvalue weighted by atomic mass is 35.5. The van der Waals surface area contributed by atoms with E-state index in [9.17, 15) is 20.0 Å². The predicted molar refractivity (Wildman–Crippen MR) is 148 cm³/mol. The second-order valence-corrected chi connectivity index (χ2v) is 10.8. The summed E-state index contributed by atoms with van der Waals surface area (Å²) in [6.45, 7) is 6.56. The van der Waals surface area contributed by atoms with E-state index in [2.05, 4.69) is 20.8 Å². The van der Waals surface area contributed by atoms with Gasteiger partial charge in [-0.3, -0.25) is 10.1 Å². The Morgan fingerprint density at radius 2 is 1.97 bits per heavy atom. The largest absolute Gasteiger partial charge is 0.478 e. The number of benzene rings is 2. The molecule has 4 aromatic rings. The van der Waals surface area contributed by atoms with Gasteiger partial charge in [-0.15, -0.1) is 0 Å². The first-order chi connectivity index (χ1) is 18.1. The predicted octanol–water partition coefficient (Wildman–Crippen LogP) is 8.29. The molecule has 194 valence electrons. The van der Waals surface area contributed by atoms with E-state index in [0.29, 0.717) is 52.1 Å². The molecule has 0 saturated heterocycles. The van der Waals surface area contributed by atoms with E-state index in [0.717, 1.165) is 17.6 Å². The molecule has 0 amide bonds. The number of aromatic carboxylic acids is 1. The van der Waals surface area contributed by atoms with Crippen LogP contribution in [0.2, 0.25) is 5.02 Å². The van der Waals surface area contributed by atoms with Crippen molar-refractivity contribution >= 4 is 45.8 Å². The number of carboxylic acid groups (broad SMARTS) is 1. The zero-order chi connectivity index (χ0) is 27.2. The van der Waals surface area contributed by atoms with E-state index < -0.39 is 10.9 Å². The Balaban J connectivity index is 1.68. The lowest BCUT2D eigenvalue weighted by Crippen LogP contribution is -2.30. The van der Waals surface area contributed by atoms with Crippen LogP contribution in [-0.4, -0.2) is 21.0 Å². The van der Waals surface area contributed by atoms with Crippen molar-refractivity contribution in [1.82, 2.24) is 4.98 Å². The van der Waals surface area contributed by atoms with E-state index in [-0.39, 0.29) is 22.0 Å². The second kappa shape index (κ2) is 9.72. The standard InChI is InChI=1S/C30H27ClN2O5/c1-4-30(2,3)18-13-17(28-23(15-18)27(29(34)35)21-7-5-6-8-24(21)32-28)14-20-10-12-26(38-20)22-11-9-19(31)16-25(22)33(36)37/h5-12,14,16,18H,4,13,15H2,1-3H3,(H,34,35)/b17-14-. The number of hydrogen-bond donors (Lipinski definition) is 1. The first-order valence-electron chi connectivity index (χ1n) is 12.5. The maximum atomic E-state index is 12.5. The summed E-state index contributed by atoms with van der Waals surface area (Å²) in [5.41, 5.74) is 3.37. The lowest BCUT2D eigenvalue weighted by atomic mass is 9.67. The number of halogens is 1. The van der Waals surface area contributed by atoms with E-state index in [1.807, 2.05) is 30.3 Å². The number of fused-ring (bicyclic) bond motifs is 2. The Labute approximate surface area is 224 Å². The number of allylic oxidation sites excluding steroid dienone is 1. The van der Waals surface area contributed by atoms with Gasteiger partial charge in [-0.05, 0) is 71.7 Å². The van der Waals surface area contributed by atoms with Gasteiger partial charge in [0, 0.05) is 16.5 Å². The lowest BCUT2D eigenvalue weighted by Gasteiger charge is -2.38. The molecule has 1 aliphatic carbocycles. The maximum Gasteiger partial charge on any atom is 0.336 e. The molecule has 2 heterocycles. The van der Waals surface area contributed by atoms with Crippen molar-refractivity contribution in [3.05, 3.63) is 92.3 Å². The summed E-state index contributed by atoms with van der Waals surface area (Å²) in [4.78, 5) is 28.5. The van der Waals surface area contributed by atoms with Crippen LogP contribution in [-0.2, 0) is 6.42 Å². The fraction of sp³-hybridized carbons (Fsp3) is 0.267. The summed E-state index contributed by atoms with van der Waals surface area (Å²) in [6, 6.07) is 15.2. The summed E-state index contributed by atoms with van der Waals surface area (Å²) in [5.74, 6) is 0.0787. The van der Waals surface area contributed by atoms with Crippen molar-refractivity contribution in [2.24, 2.45) is 11.3 Å². The Morgan fingerprint density at radius 3 is 2.68 bits per heavy atom. The van der Waals surface area contributed by atoms with Gasteiger partial charge >= 0.3 is 5.97 Å². The summed E-state index contributed by atoms with van der Waals surface area (Å²) in [5, 5.41) is 22.7. The van der Waals surface area contributed by atoms with Crippen LogP contribution in [0.1, 0.15) is 61.0 Å². The Hall–Kier alpha value is -3.97. The number of carbonyl (C=O) groups is 1. The van der Waals surface area contributed by atoms with Crippen molar-refractivity contribution in [3.8, 4) is 11.3 Å². The minimum atomic E-state index is -0.968. The monoisotopic (exact) mass is 530 g/mol. The van der Waals surface area contributed by atoms with Crippen LogP contribution in [0.15, 0.2) is 59.0 Å². The fourth-order valence-electron chi connectivity index (χ4n) is 5.22. The number of furan rings is 1. The van der Waals surface area contributed by atoms with Gasteiger partial charge in [-0.1, -0.05) is 57.0 Å². The molecule has 0 bridgehead atoms. The molecular weight excluding hydrogens is 504 g/mol. The number of nitrogens with zero attached hydrogens (tertiary/aromatic N) is 2. The first-order valence-corrected chi connectivity index (χ1v) is 12.9. The van der Waals surface area contributed by atoms with Crippen LogP contribution >= 0.6 is 11.6 Å². The Morgan fingerprint density at radius 1 is 1.21 bits per heavy atom. The molecule has 2 aromatic heterocycles. The summed E-state index contributed by atoms with van der Waals surface area (Å²) in [6.07, 6.45) is 4.15. The number of carboxylic acids is 1. The quantitative estimate of drug-likeness (QED) is 0.198. The minimum Gasteiger partial charge on any atom is -0.478 e. The average Bonchev–Trinajstić information content (AvgIpc) is 3.35. The van der Waals surface area contributed by atoms with Gasteiger partial charge in [0.1, 0.15) is 11.5 Å². The second-order valence-electron chi connectivity index (χ2n) is 10.4. The fourth-order valence-corrected chi connectivity index (χ4v) is 5.39. The number of pyridine rings is 1. The van der Waals surface area contributed by atoms with Crippen molar-refractivity contribution in [1.29, 1.82) is 0 Å². The van der Waals surface area contributed by atoms with Crippen LogP contribution in [0, 0.1) is 21.4 Å². The molecular formula is C30H27ClN2O5. The van der Waals surface area contributed by atoms with Gasteiger partial charge in [-0.2, -0.15) is 0 Å². The van der Waals surface area contributed by atoms with E-state index in [4.69, 9.17) is 21.0 Å². The zero-order valence-electron chi connectivity index (χ0n) is 21.3. The first kappa shape index (κ1) is 25.7. The molecule has 1 N–H and O–H groups in total. The van der Waals surface area contributed by atoms with Crippen LogP contribution in [0.25, 0.3) is 33.9 Å². The van der Waals surface area contributed by atoms with Gasteiger partial charge in [0.15, 0.2) is 0 Å². The molecule has 5 rings (SSSR count). The molecule has 1 atom stereocenters. The van der Waals surface area contributed by atoms with Crippen LogP contribution in [0.4, 0.5) is 5.69 Å². The molecule has 2 aromatic carbocycles. The summed E-state index contributed by atoms with van der Waals surface area (Å²) >= 11 is 5.98. The third kappa shape index (κ3) is 4.58. The van der Waals surface area contributed by atoms with Gasteiger partial charge in [0.05, 0.1) is 27.3 Å². The molecule has 0 aliphatic heterocycles. The van der Waals surface area contributed by atoms with E-state index >= 15 is 0 Å². The molecule has 7 nitrogen and oxygen atoms in total. The number of hydrogen-bond acceptors (Lipinski definition) is 5. The number of aromatic nitrogens is 1. The molecule has 1 aliphatic rings. The SMILES string of the molecule is CCC(C)(C)C1C/C(=C/c2ccc(-c3ccc(Cl)cc3[N+](=O)[O-])o2)c2nc3ccccc3c(C(=O)O)c2C1. The molecule has 1 unspecified atom stereocenters. The maximum absolute atomic E-state index is 12.5. The van der Waals surface area contributed by atoms with Crippen molar-refractivity contribution in [2.75, 3.05) is 0 Å². The smallest absolute Gasteiger partial charge is 0.336 e. The van der Waals surface area contributed by atoms with E-state index in [1.54, 1.807) is 24.3 Å². The van der Waals surface area contributed by atoms with Gasteiger partial charge in [-0.25, -0.2) is 9.78 Å². The highest BCUT2D eigenvalue weighted by Gasteiger charge is 2.36. The normalized spacial score (nSPS) is 16.5. The van der Waals surface area contributed by atoms with Crippen molar-refractivity contribution < 1.29 is 19.2 Å². The highest BCUT2D eigenvalue weighted by Crippen LogP contribution is 2.46. The van der Waals surface area contributed by atoms with Crippen molar-refractivity contribution in [2.45, 2.75) is 40.0 Å². The lowest BCUT2D eigenvalue weighted by molar-refractivity contribution is -0.384. The Kier molecular flexibility index (Phi) is 6.57. The van der Waals surface area contributed by atoms with Crippen molar-refractivity contribution in [3.63, 3.8) is 0 Å². The topological polar surface area (TPSA) is 106 Å². The summed E-state index contributed by atoms with van der Waals surface area (Å²) in [7, 11) is 0.